The highest BCUT2D eigenvalue weighted by atomic mass is 32.2. The van der Waals surface area contributed by atoms with E-state index in [0.717, 1.165) is 5.75 Å². The lowest BCUT2D eigenvalue weighted by atomic mass is 10.2. The number of amides is 1. The molecule has 0 aliphatic heterocycles. The largest absolute Gasteiger partial charge is 0.482 e. The number of ether oxygens (including phenoxy) is 2. The molecule has 100 valence electrons. The van der Waals surface area contributed by atoms with Crippen LogP contribution in [0.2, 0.25) is 0 Å². The van der Waals surface area contributed by atoms with Crippen molar-refractivity contribution in [3.8, 4) is 0 Å². The molecular formula is C11H22N2O3S. The molecule has 0 fully saturated rings. The van der Waals surface area contributed by atoms with Gasteiger partial charge < -0.3 is 14.8 Å². The van der Waals surface area contributed by atoms with Crippen molar-refractivity contribution in [3.63, 3.8) is 0 Å². The Morgan fingerprint density at radius 1 is 1.47 bits per heavy atom. The maximum atomic E-state index is 11.5. The summed E-state index contributed by atoms with van der Waals surface area (Å²) >= 11 is 1.38. The van der Waals surface area contributed by atoms with E-state index in [9.17, 15) is 4.79 Å². The number of hydrogen-bond acceptors (Lipinski definition) is 5. The van der Waals surface area contributed by atoms with Crippen molar-refractivity contribution in [1.82, 2.24) is 5.32 Å². The van der Waals surface area contributed by atoms with Gasteiger partial charge in [-0.3, -0.25) is 0 Å². The van der Waals surface area contributed by atoms with Crippen LogP contribution in [0.5, 0.6) is 0 Å². The molecule has 0 rings (SSSR count). The Bertz CT molecular complexity index is 274. The second-order valence-electron chi connectivity index (χ2n) is 4.42. The van der Waals surface area contributed by atoms with Gasteiger partial charge in [0.05, 0.1) is 7.11 Å². The summed E-state index contributed by atoms with van der Waals surface area (Å²) < 4.78 is 14.4. The van der Waals surface area contributed by atoms with Crippen molar-refractivity contribution in [2.75, 3.05) is 12.9 Å². The zero-order chi connectivity index (χ0) is 13.5. The van der Waals surface area contributed by atoms with Crippen LogP contribution in [-0.2, 0) is 9.47 Å². The second kappa shape index (κ2) is 7.42. The maximum Gasteiger partial charge on any atom is 0.408 e. The summed E-state index contributed by atoms with van der Waals surface area (Å²) in [6.07, 6.45) is -0.476. The number of carbonyl (C=O) groups excluding carboxylic acids is 1. The van der Waals surface area contributed by atoms with Crippen molar-refractivity contribution in [1.29, 1.82) is 0 Å². The topological polar surface area (TPSA) is 59.9 Å². The van der Waals surface area contributed by atoms with Crippen molar-refractivity contribution < 1.29 is 14.3 Å². The molecule has 1 N–H and O–H groups in total. The fraction of sp³-hybridized carbons (Fsp3) is 0.818. The molecule has 5 nitrogen and oxygen atoms in total. The van der Waals surface area contributed by atoms with Gasteiger partial charge >= 0.3 is 6.09 Å². The average Bonchev–Trinajstić information content (AvgIpc) is 2.15. The fourth-order valence-electron chi connectivity index (χ4n) is 0.967. The van der Waals surface area contributed by atoms with Gasteiger partial charge in [0.1, 0.15) is 11.6 Å². The maximum absolute atomic E-state index is 11.5. The molecule has 0 aromatic heterocycles. The minimum absolute atomic E-state index is 0.311. The number of hydrogen-bond donors (Lipinski definition) is 1. The number of alkyl carbamates (subject to hydrolysis) is 1. The minimum atomic E-state index is -0.508. The SMILES string of the molecule is CCS/N=C(\OC)[C@@H](C)NC(=O)OC(C)(C)C. The summed E-state index contributed by atoms with van der Waals surface area (Å²) in [7, 11) is 1.53. The van der Waals surface area contributed by atoms with E-state index in [0.29, 0.717) is 5.90 Å². The van der Waals surface area contributed by atoms with Gasteiger partial charge in [-0.2, -0.15) is 4.40 Å². The predicted octanol–water partition coefficient (Wildman–Crippen LogP) is 2.61. The summed E-state index contributed by atoms with van der Waals surface area (Å²) in [5, 5.41) is 2.67. The molecule has 0 aliphatic carbocycles. The van der Waals surface area contributed by atoms with E-state index in [2.05, 4.69) is 9.71 Å². The first-order valence-corrected chi connectivity index (χ1v) is 6.47. The molecule has 0 saturated carbocycles. The third kappa shape index (κ3) is 7.90. The molecule has 0 bridgehead atoms. The molecule has 1 amide bonds. The third-order valence-corrected chi connectivity index (χ3v) is 2.16. The average molecular weight is 262 g/mol. The highest BCUT2D eigenvalue weighted by Gasteiger charge is 2.20. The standard InChI is InChI=1S/C11H22N2O3S/c1-7-17-13-9(15-6)8(2)12-10(14)16-11(3,4)5/h8H,7H2,1-6H3,(H,12,14)/b13-9-/t8-/m1/s1. The first-order valence-electron chi connectivity index (χ1n) is 5.53. The molecule has 0 aliphatic rings. The first-order chi connectivity index (χ1) is 7.80. The van der Waals surface area contributed by atoms with Gasteiger partial charge in [-0.15, -0.1) is 0 Å². The molecule has 1 atom stereocenters. The lowest BCUT2D eigenvalue weighted by Gasteiger charge is -2.22. The minimum Gasteiger partial charge on any atom is -0.482 e. The molecule has 0 saturated heterocycles. The smallest absolute Gasteiger partial charge is 0.408 e. The Balaban J connectivity index is 4.31. The van der Waals surface area contributed by atoms with Crippen LogP contribution in [0.3, 0.4) is 0 Å². The second-order valence-corrected chi connectivity index (χ2v) is 5.44. The van der Waals surface area contributed by atoms with Crippen LogP contribution in [0.25, 0.3) is 0 Å². The van der Waals surface area contributed by atoms with Gasteiger partial charge in [0.25, 0.3) is 0 Å². The molecule has 0 aromatic rings. The van der Waals surface area contributed by atoms with Crippen molar-refractivity contribution >= 4 is 23.9 Å². The molecule has 6 heteroatoms. The van der Waals surface area contributed by atoms with E-state index in [1.54, 1.807) is 6.92 Å². The summed E-state index contributed by atoms with van der Waals surface area (Å²) in [5.41, 5.74) is -0.508. The third-order valence-electron chi connectivity index (χ3n) is 1.60. The lowest BCUT2D eigenvalue weighted by molar-refractivity contribution is 0.0517. The summed E-state index contributed by atoms with van der Waals surface area (Å²) in [6.45, 7) is 9.23. The normalized spacial score (nSPS) is 14.1. The van der Waals surface area contributed by atoms with Gasteiger partial charge in [0, 0.05) is 5.75 Å². The van der Waals surface area contributed by atoms with Crippen LogP contribution in [0.4, 0.5) is 4.79 Å². The predicted molar refractivity (Wildman–Crippen MR) is 71.4 cm³/mol. The first kappa shape index (κ1) is 16.1. The van der Waals surface area contributed by atoms with Crippen molar-refractivity contribution in [3.05, 3.63) is 0 Å². The number of methoxy groups -OCH3 is 1. The highest BCUT2D eigenvalue weighted by Crippen LogP contribution is 2.08. The molecule has 17 heavy (non-hydrogen) atoms. The number of nitrogens with one attached hydrogen (secondary N) is 1. The van der Waals surface area contributed by atoms with E-state index < -0.39 is 11.7 Å². The Kier molecular flexibility index (Phi) is 7.03. The number of rotatable bonds is 4. The molecule has 0 unspecified atom stereocenters. The highest BCUT2D eigenvalue weighted by molar-refractivity contribution is 7.98. The van der Waals surface area contributed by atoms with Crippen molar-refractivity contribution in [2.24, 2.45) is 4.40 Å². The van der Waals surface area contributed by atoms with Gasteiger partial charge in [0.15, 0.2) is 0 Å². The van der Waals surface area contributed by atoms with E-state index in [-0.39, 0.29) is 6.04 Å². The van der Waals surface area contributed by atoms with E-state index in [4.69, 9.17) is 9.47 Å². The van der Waals surface area contributed by atoms with Gasteiger partial charge in [-0.1, -0.05) is 6.92 Å². The summed E-state index contributed by atoms with van der Waals surface area (Å²) in [5.74, 6) is 1.33. The summed E-state index contributed by atoms with van der Waals surface area (Å²) in [4.78, 5) is 11.5. The zero-order valence-electron chi connectivity index (χ0n) is 11.4. The Labute approximate surface area is 107 Å². The van der Waals surface area contributed by atoms with Crippen LogP contribution in [0, 0.1) is 0 Å². The van der Waals surface area contributed by atoms with E-state index in [1.165, 1.54) is 19.1 Å². The zero-order valence-corrected chi connectivity index (χ0v) is 12.2. The molecule has 0 heterocycles. The fourth-order valence-corrected chi connectivity index (χ4v) is 1.46. The van der Waals surface area contributed by atoms with Crippen molar-refractivity contribution in [2.45, 2.75) is 46.3 Å². The van der Waals surface area contributed by atoms with Crippen LogP contribution in [-0.4, -0.2) is 36.5 Å². The van der Waals surface area contributed by atoms with Gasteiger partial charge in [0.2, 0.25) is 5.90 Å². The Morgan fingerprint density at radius 3 is 2.47 bits per heavy atom. The van der Waals surface area contributed by atoms with E-state index in [1.807, 2.05) is 27.7 Å². The molecule has 0 aromatic carbocycles. The van der Waals surface area contributed by atoms with Gasteiger partial charge in [-0.25, -0.2) is 4.79 Å². The molecular weight excluding hydrogens is 240 g/mol. The molecule has 0 spiro atoms. The number of nitrogens with zero attached hydrogens (tertiary/aromatic N) is 1. The van der Waals surface area contributed by atoms with Crippen LogP contribution >= 0.6 is 11.9 Å². The van der Waals surface area contributed by atoms with Crippen LogP contribution in [0.1, 0.15) is 34.6 Å². The Morgan fingerprint density at radius 2 is 2.06 bits per heavy atom. The Hall–Kier alpha value is -0.910. The van der Waals surface area contributed by atoms with Gasteiger partial charge in [-0.05, 0) is 39.6 Å². The van der Waals surface area contributed by atoms with E-state index >= 15 is 0 Å². The van der Waals surface area contributed by atoms with Crippen LogP contribution in [0.15, 0.2) is 4.40 Å². The number of carbonyl (C=O) groups is 1. The monoisotopic (exact) mass is 262 g/mol. The van der Waals surface area contributed by atoms with Crippen LogP contribution < -0.4 is 5.32 Å². The quantitative estimate of drug-likeness (QED) is 0.480. The molecule has 0 radical (unpaired) electrons. The lowest BCUT2D eigenvalue weighted by Crippen LogP contribution is -2.42. The summed E-state index contributed by atoms with van der Waals surface area (Å²) in [6, 6.07) is -0.311.